The van der Waals surface area contributed by atoms with Crippen LogP contribution in [0.2, 0.25) is 0 Å². The number of rotatable bonds is 4. The van der Waals surface area contributed by atoms with Gasteiger partial charge in [-0.2, -0.15) is 0 Å². The maximum Gasteiger partial charge on any atom is 0.212 e. The van der Waals surface area contributed by atoms with E-state index in [9.17, 15) is 0 Å². The quantitative estimate of drug-likeness (QED) is 0.860. The smallest absolute Gasteiger partial charge is 0.212 e. The summed E-state index contributed by atoms with van der Waals surface area (Å²) in [5, 5.41) is 0. The van der Waals surface area contributed by atoms with Gasteiger partial charge >= 0.3 is 0 Å². The molecule has 2 atom stereocenters. The van der Waals surface area contributed by atoms with Gasteiger partial charge in [-0.25, -0.2) is 4.98 Å². The van der Waals surface area contributed by atoms with E-state index in [2.05, 4.69) is 22.9 Å². The van der Waals surface area contributed by atoms with E-state index < -0.39 is 0 Å². The molecule has 94 valence electrons. The first-order chi connectivity index (χ1) is 8.26. The SMILES string of the molecule is COc1ccc(C(CN)N2CCCC2C)cn1. The van der Waals surface area contributed by atoms with Gasteiger partial charge in [-0.05, 0) is 31.9 Å². The normalized spacial score (nSPS) is 22.6. The zero-order valence-corrected chi connectivity index (χ0v) is 10.6. The predicted octanol–water partition coefficient (Wildman–Crippen LogP) is 1.57. The molecule has 1 fully saturated rings. The highest BCUT2D eigenvalue weighted by molar-refractivity contribution is 5.21. The summed E-state index contributed by atoms with van der Waals surface area (Å²) in [6, 6.07) is 4.86. The Balaban J connectivity index is 2.16. The Morgan fingerprint density at radius 3 is 2.88 bits per heavy atom. The lowest BCUT2D eigenvalue weighted by molar-refractivity contribution is 0.195. The molecule has 2 rings (SSSR count). The fraction of sp³-hybridized carbons (Fsp3) is 0.615. The maximum absolute atomic E-state index is 5.92. The molecule has 0 saturated carbocycles. The number of hydrogen-bond acceptors (Lipinski definition) is 4. The van der Waals surface area contributed by atoms with Crippen LogP contribution in [0.15, 0.2) is 18.3 Å². The molecule has 2 unspecified atom stereocenters. The topological polar surface area (TPSA) is 51.4 Å². The number of nitrogens with zero attached hydrogens (tertiary/aromatic N) is 2. The minimum atomic E-state index is 0.283. The number of hydrogen-bond donors (Lipinski definition) is 1. The van der Waals surface area contributed by atoms with Crippen molar-refractivity contribution in [3.63, 3.8) is 0 Å². The van der Waals surface area contributed by atoms with Crippen molar-refractivity contribution in [3.05, 3.63) is 23.9 Å². The van der Waals surface area contributed by atoms with Crippen molar-refractivity contribution in [2.75, 3.05) is 20.2 Å². The highest BCUT2D eigenvalue weighted by Gasteiger charge is 2.27. The van der Waals surface area contributed by atoms with E-state index in [1.807, 2.05) is 12.3 Å². The molecule has 0 radical (unpaired) electrons. The van der Waals surface area contributed by atoms with Crippen LogP contribution in [-0.2, 0) is 0 Å². The summed E-state index contributed by atoms with van der Waals surface area (Å²) in [6.45, 7) is 4.04. The summed E-state index contributed by atoms with van der Waals surface area (Å²) < 4.78 is 5.07. The van der Waals surface area contributed by atoms with Gasteiger partial charge in [-0.3, -0.25) is 4.90 Å². The molecule has 0 spiro atoms. The second-order valence-corrected chi connectivity index (χ2v) is 4.61. The summed E-state index contributed by atoms with van der Waals surface area (Å²) in [7, 11) is 1.63. The fourth-order valence-corrected chi connectivity index (χ4v) is 2.59. The highest BCUT2D eigenvalue weighted by Crippen LogP contribution is 2.28. The molecule has 1 aliphatic rings. The molecule has 2 N–H and O–H groups in total. The summed E-state index contributed by atoms with van der Waals surface area (Å²) in [6.07, 6.45) is 4.41. The van der Waals surface area contributed by atoms with Crippen LogP contribution in [-0.4, -0.2) is 36.1 Å². The average molecular weight is 235 g/mol. The minimum Gasteiger partial charge on any atom is -0.481 e. The average Bonchev–Trinajstić information content (AvgIpc) is 2.78. The molecule has 2 heterocycles. The molecule has 4 heteroatoms. The predicted molar refractivity (Wildman–Crippen MR) is 68.0 cm³/mol. The van der Waals surface area contributed by atoms with Crippen LogP contribution in [0.1, 0.15) is 31.4 Å². The first-order valence-electron chi connectivity index (χ1n) is 6.22. The maximum atomic E-state index is 5.92. The van der Waals surface area contributed by atoms with E-state index in [0.717, 1.165) is 6.54 Å². The molecular formula is C13H21N3O. The van der Waals surface area contributed by atoms with Gasteiger partial charge < -0.3 is 10.5 Å². The van der Waals surface area contributed by atoms with Gasteiger partial charge in [0.05, 0.1) is 7.11 Å². The lowest BCUT2D eigenvalue weighted by Gasteiger charge is -2.30. The molecule has 0 bridgehead atoms. The number of likely N-dealkylation sites (tertiary alicyclic amines) is 1. The molecule has 17 heavy (non-hydrogen) atoms. The molecule has 1 aliphatic heterocycles. The third-order valence-corrected chi connectivity index (χ3v) is 3.58. The Bertz CT molecular complexity index is 352. The number of ether oxygens (including phenoxy) is 1. The Morgan fingerprint density at radius 2 is 2.41 bits per heavy atom. The van der Waals surface area contributed by atoms with Crippen LogP contribution >= 0.6 is 0 Å². The summed E-state index contributed by atoms with van der Waals surface area (Å²) in [4.78, 5) is 6.73. The van der Waals surface area contributed by atoms with Crippen molar-refractivity contribution in [1.82, 2.24) is 9.88 Å². The molecule has 1 aromatic heterocycles. The van der Waals surface area contributed by atoms with Gasteiger partial charge in [0.1, 0.15) is 0 Å². The Kier molecular flexibility index (Phi) is 3.97. The van der Waals surface area contributed by atoms with E-state index in [0.29, 0.717) is 18.5 Å². The van der Waals surface area contributed by atoms with Crippen molar-refractivity contribution in [2.24, 2.45) is 5.73 Å². The van der Waals surface area contributed by atoms with Crippen LogP contribution in [0.4, 0.5) is 0 Å². The first kappa shape index (κ1) is 12.3. The van der Waals surface area contributed by atoms with Gasteiger partial charge in [-0.1, -0.05) is 6.07 Å². The summed E-state index contributed by atoms with van der Waals surface area (Å²) >= 11 is 0. The largest absolute Gasteiger partial charge is 0.481 e. The van der Waals surface area contributed by atoms with E-state index >= 15 is 0 Å². The standard InChI is InChI=1S/C13H21N3O/c1-10-4-3-7-16(10)12(8-14)11-5-6-13(17-2)15-9-11/h5-6,9-10,12H,3-4,7-8,14H2,1-2H3. The van der Waals surface area contributed by atoms with Gasteiger partial charge in [0.2, 0.25) is 5.88 Å². The lowest BCUT2D eigenvalue weighted by Crippen LogP contribution is -2.36. The number of pyridine rings is 1. The fourth-order valence-electron chi connectivity index (χ4n) is 2.59. The Morgan fingerprint density at radius 1 is 1.59 bits per heavy atom. The molecular weight excluding hydrogens is 214 g/mol. The lowest BCUT2D eigenvalue weighted by atomic mass is 10.1. The molecule has 1 saturated heterocycles. The van der Waals surface area contributed by atoms with Crippen molar-refractivity contribution in [3.8, 4) is 5.88 Å². The second-order valence-electron chi connectivity index (χ2n) is 4.61. The summed E-state index contributed by atoms with van der Waals surface area (Å²) in [5.74, 6) is 0.652. The van der Waals surface area contributed by atoms with E-state index in [4.69, 9.17) is 10.5 Å². The van der Waals surface area contributed by atoms with E-state index in [1.165, 1.54) is 18.4 Å². The van der Waals surface area contributed by atoms with Gasteiger partial charge in [-0.15, -0.1) is 0 Å². The molecule has 0 amide bonds. The molecule has 0 aliphatic carbocycles. The van der Waals surface area contributed by atoms with Crippen LogP contribution in [0, 0.1) is 0 Å². The van der Waals surface area contributed by atoms with Crippen LogP contribution < -0.4 is 10.5 Å². The first-order valence-corrected chi connectivity index (χ1v) is 6.22. The number of nitrogens with two attached hydrogens (primary N) is 1. The van der Waals surface area contributed by atoms with Crippen molar-refractivity contribution >= 4 is 0 Å². The zero-order chi connectivity index (χ0) is 12.3. The molecule has 0 aromatic carbocycles. The number of aromatic nitrogens is 1. The molecule has 1 aromatic rings. The Labute approximate surface area is 103 Å². The van der Waals surface area contributed by atoms with Gasteiger partial charge in [0, 0.05) is 30.9 Å². The summed E-state index contributed by atoms with van der Waals surface area (Å²) in [5.41, 5.74) is 7.10. The Hall–Kier alpha value is -1.13. The van der Waals surface area contributed by atoms with Crippen molar-refractivity contribution < 1.29 is 4.74 Å². The van der Waals surface area contributed by atoms with E-state index in [1.54, 1.807) is 7.11 Å². The zero-order valence-electron chi connectivity index (χ0n) is 10.6. The number of methoxy groups -OCH3 is 1. The van der Waals surface area contributed by atoms with Gasteiger partial charge in [0.15, 0.2) is 0 Å². The van der Waals surface area contributed by atoms with Gasteiger partial charge in [0.25, 0.3) is 0 Å². The van der Waals surface area contributed by atoms with E-state index in [-0.39, 0.29) is 6.04 Å². The minimum absolute atomic E-state index is 0.283. The third kappa shape index (κ3) is 2.58. The van der Waals surface area contributed by atoms with Crippen LogP contribution in [0.25, 0.3) is 0 Å². The monoisotopic (exact) mass is 235 g/mol. The molecule has 4 nitrogen and oxygen atoms in total. The van der Waals surface area contributed by atoms with Crippen molar-refractivity contribution in [2.45, 2.75) is 31.8 Å². The van der Waals surface area contributed by atoms with Crippen molar-refractivity contribution in [1.29, 1.82) is 0 Å². The highest BCUT2D eigenvalue weighted by atomic mass is 16.5. The third-order valence-electron chi connectivity index (χ3n) is 3.58. The second kappa shape index (κ2) is 5.47. The van der Waals surface area contributed by atoms with Crippen LogP contribution in [0.5, 0.6) is 5.88 Å². The van der Waals surface area contributed by atoms with Crippen LogP contribution in [0.3, 0.4) is 0 Å².